The number of nitrogens with zero attached hydrogens (tertiary/aromatic N) is 2. The number of halogens is 1. The van der Waals surface area contributed by atoms with Gasteiger partial charge in [-0.1, -0.05) is 85.0 Å². The number of carbonyl (C=O) groups is 2. The summed E-state index contributed by atoms with van der Waals surface area (Å²) < 4.78 is 28.7. The second-order valence-electron chi connectivity index (χ2n) is 10.3. The minimum absolute atomic E-state index is 0.0604. The van der Waals surface area contributed by atoms with Crippen molar-refractivity contribution in [3.63, 3.8) is 0 Å². The number of amides is 2. The van der Waals surface area contributed by atoms with Crippen molar-refractivity contribution in [2.45, 2.75) is 69.5 Å². The maximum atomic E-state index is 14.0. The normalized spacial score (nSPS) is 14.8. The Morgan fingerprint density at radius 3 is 2.20 bits per heavy atom. The van der Waals surface area contributed by atoms with Crippen LogP contribution in [0.2, 0.25) is 5.02 Å². The number of anilines is 1. The van der Waals surface area contributed by atoms with Gasteiger partial charge in [0, 0.05) is 17.6 Å². The van der Waals surface area contributed by atoms with Gasteiger partial charge in [0.2, 0.25) is 11.8 Å². The Morgan fingerprint density at radius 1 is 0.925 bits per heavy atom. The molecule has 1 aliphatic rings. The van der Waals surface area contributed by atoms with Gasteiger partial charge < -0.3 is 10.2 Å². The Kier molecular flexibility index (Phi) is 9.87. The fraction of sp³-hybridized carbons (Fsp3) is 0.355. The second kappa shape index (κ2) is 13.3. The summed E-state index contributed by atoms with van der Waals surface area (Å²) in [7, 11) is -4.09. The minimum Gasteiger partial charge on any atom is -0.352 e. The Morgan fingerprint density at radius 2 is 1.55 bits per heavy atom. The average molecular weight is 582 g/mol. The van der Waals surface area contributed by atoms with E-state index in [9.17, 15) is 18.0 Å². The van der Waals surface area contributed by atoms with Gasteiger partial charge in [0.1, 0.15) is 12.6 Å². The van der Waals surface area contributed by atoms with E-state index in [1.165, 1.54) is 17.0 Å². The number of nitrogens with one attached hydrogen (secondary N) is 1. The molecule has 0 bridgehead atoms. The summed E-state index contributed by atoms with van der Waals surface area (Å²) in [6.45, 7) is 3.16. The van der Waals surface area contributed by atoms with Crippen molar-refractivity contribution in [3.05, 3.63) is 95.0 Å². The van der Waals surface area contributed by atoms with Crippen molar-refractivity contribution in [3.8, 4) is 0 Å². The highest BCUT2D eigenvalue weighted by Gasteiger charge is 2.33. The number of hydrogen-bond donors (Lipinski definition) is 1. The summed E-state index contributed by atoms with van der Waals surface area (Å²) in [5.74, 6) is -0.772. The summed E-state index contributed by atoms with van der Waals surface area (Å²) in [4.78, 5) is 28.9. The van der Waals surface area contributed by atoms with Crippen molar-refractivity contribution < 1.29 is 18.0 Å². The Hall–Kier alpha value is -3.36. The van der Waals surface area contributed by atoms with Gasteiger partial charge >= 0.3 is 0 Å². The SMILES string of the molecule is Cc1ccc(N(CC(=O)N(Cc2ccccc2Cl)[C@H](C)C(=O)NC2CCCCC2)S(=O)(=O)c2ccccc2)cc1. The molecule has 1 fully saturated rings. The molecule has 7 nitrogen and oxygen atoms in total. The standard InChI is InChI=1S/C31H36ClN3O4S/c1-23-17-19-27(20-18-23)35(40(38,39)28-14-7-4-8-15-28)22-30(36)34(21-25-11-9-10-16-29(25)32)24(2)31(37)33-26-12-5-3-6-13-26/h4,7-11,14-20,24,26H,3,5-6,12-13,21-22H2,1-2H3,(H,33,37)/t24-/m1/s1. The Balaban J connectivity index is 1.67. The molecule has 2 amide bonds. The van der Waals surface area contributed by atoms with Crippen LogP contribution in [-0.4, -0.2) is 43.8 Å². The molecule has 1 aliphatic carbocycles. The zero-order valence-electron chi connectivity index (χ0n) is 22.9. The largest absolute Gasteiger partial charge is 0.352 e. The molecule has 0 aromatic heterocycles. The number of aryl methyl sites for hydroxylation is 1. The number of hydrogen-bond acceptors (Lipinski definition) is 4. The first kappa shape index (κ1) is 29.6. The topological polar surface area (TPSA) is 86.8 Å². The third-order valence-electron chi connectivity index (χ3n) is 7.35. The third kappa shape index (κ3) is 7.23. The first-order valence-electron chi connectivity index (χ1n) is 13.6. The molecule has 0 spiro atoms. The second-order valence-corrected chi connectivity index (χ2v) is 12.6. The van der Waals surface area contributed by atoms with Crippen LogP contribution in [0.1, 0.15) is 50.2 Å². The van der Waals surface area contributed by atoms with Gasteiger partial charge in [-0.2, -0.15) is 0 Å². The molecule has 1 N–H and O–H groups in total. The Labute approximate surface area is 242 Å². The van der Waals surface area contributed by atoms with Gasteiger partial charge in [-0.15, -0.1) is 0 Å². The van der Waals surface area contributed by atoms with Crippen LogP contribution >= 0.6 is 11.6 Å². The first-order chi connectivity index (χ1) is 19.2. The molecule has 1 saturated carbocycles. The molecule has 0 unspecified atom stereocenters. The van der Waals surface area contributed by atoms with E-state index in [4.69, 9.17) is 11.6 Å². The monoisotopic (exact) mass is 581 g/mol. The Bertz CT molecular complexity index is 1410. The van der Waals surface area contributed by atoms with Crippen molar-refractivity contribution in [1.29, 1.82) is 0 Å². The van der Waals surface area contributed by atoms with Crippen molar-refractivity contribution in [2.24, 2.45) is 0 Å². The van der Waals surface area contributed by atoms with E-state index in [-0.39, 0.29) is 23.4 Å². The predicted molar refractivity (Wildman–Crippen MR) is 159 cm³/mol. The lowest BCUT2D eigenvalue weighted by Gasteiger charge is -2.33. The molecule has 0 heterocycles. The third-order valence-corrected chi connectivity index (χ3v) is 9.51. The zero-order chi connectivity index (χ0) is 28.7. The predicted octanol–water partition coefficient (Wildman–Crippen LogP) is 5.71. The van der Waals surface area contributed by atoms with E-state index in [2.05, 4.69) is 5.32 Å². The van der Waals surface area contributed by atoms with E-state index in [1.54, 1.807) is 67.6 Å². The van der Waals surface area contributed by atoms with Crippen LogP contribution in [0.15, 0.2) is 83.8 Å². The summed E-state index contributed by atoms with van der Waals surface area (Å²) in [5.41, 5.74) is 1.99. The molecule has 9 heteroatoms. The lowest BCUT2D eigenvalue weighted by atomic mass is 9.95. The molecular formula is C31H36ClN3O4S. The van der Waals surface area contributed by atoms with Crippen molar-refractivity contribution in [1.82, 2.24) is 10.2 Å². The molecule has 0 radical (unpaired) electrons. The maximum absolute atomic E-state index is 14.0. The molecule has 0 saturated heterocycles. The molecule has 1 atom stereocenters. The van der Waals surface area contributed by atoms with Crippen LogP contribution < -0.4 is 9.62 Å². The van der Waals surface area contributed by atoms with Gasteiger partial charge in [-0.25, -0.2) is 8.42 Å². The van der Waals surface area contributed by atoms with Gasteiger partial charge in [-0.3, -0.25) is 13.9 Å². The molecule has 212 valence electrons. The lowest BCUT2D eigenvalue weighted by molar-refractivity contribution is -0.139. The minimum atomic E-state index is -4.09. The van der Waals surface area contributed by atoms with E-state index < -0.39 is 28.5 Å². The molecule has 3 aromatic rings. The highest BCUT2D eigenvalue weighted by Crippen LogP contribution is 2.26. The zero-order valence-corrected chi connectivity index (χ0v) is 24.5. The van der Waals surface area contributed by atoms with E-state index in [1.807, 2.05) is 13.0 Å². The van der Waals surface area contributed by atoms with Crippen LogP contribution in [0.25, 0.3) is 0 Å². The van der Waals surface area contributed by atoms with Gasteiger partial charge in [0.25, 0.3) is 10.0 Å². The highest BCUT2D eigenvalue weighted by molar-refractivity contribution is 7.92. The number of benzene rings is 3. The lowest BCUT2D eigenvalue weighted by Crippen LogP contribution is -2.53. The fourth-order valence-electron chi connectivity index (χ4n) is 4.92. The number of sulfonamides is 1. The number of rotatable bonds is 10. The van der Waals surface area contributed by atoms with Crippen LogP contribution in [0.3, 0.4) is 0 Å². The van der Waals surface area contributed by atoms with Gasteiger partial charge in [0.15, 0.2) is 0 Å². The molecule has 4 rings (SSSR count). The smallest absolute Gasteiger partial charge is 0.264 e. The first-order valence-corrected chi connectivity index (χ1v) is 15.5. The van der Waals surface area contributed by atoms with E-state index in [0.29, 0.717) is 16.3 Å². The van der Waals surface area contributed by atoms with E-state index in [0.717, 1.165) is 42.0 Å². The maximum Gasteiger partial charge on any atom is 0.264 e. The molecule has 0 aliphatic heterocycles. The molecule has 40 heavy (non-hydrogen) atoms. The van der Waals surface area contributed by atoms with Crippen LogP contribution in [-0.2, 0) is 26.2 Å². The van der Waals surface area contributed by atoms with E-state index >= 15 is 0 Å². The highest BCUT2D eigenvalue weighted by atomic mass is 35.5. The van der Waals surface area contributed by atoms with Crippen LogP contribution in [0, 0.1) is 6.92 Å². The van der Waals surface area contributed by atoms with Gasteiger partial charge in [-0.05, 0) is 62.6 Å². The summed E-state index contributed by atoms with van der Waals surface area (Å²) in [6.07, 6.45) is 5.10. The van der Waals surface area contributed by atoms with Crippen molar-refractivity contribution >= 4 is 39.1 Å². The molecule has 3 aromatic carbocycles. The van der Waals surface area contributed by atoms with Gasteiger partial charge in [0.05, 0.1) is 10.6 Å². The average Bonchev–Trinajstić information content (AvgIpc) is 2.96. The number of carbonyl (C=O) groups excluding carboxylic acids is 2. The van der Waals surface area contributed by atoms with Crippen molar-refractivity contribution in [2.75, 3.05) is 10.8 Å². The summed E-state index contributed by atoms with van der Waals surface area (Å²) >= 11 is 6.44. The summed E-state index contributed by atoms with van der Waals surface area (Å²) in [5, 5.41) is 3.57. The fourth-order valence-corrected chi connectivity index (χ4v) is 6.55. The quantitative estimate of drug-likeness (QED) is 0.332. The van der Waals surface area contributed by atoms with Crippen LogP contribution in [0.5, 0.6) is 0 Å². The summed E-state index contributed by atoms with van der Waals surface area (Å²) in [6, 6.07) is 21.4. The van der Waals surface area contributed by atoms with Crippen LogP contribution in [0.4, 0.5) is 5.69 Å². The molecular weight excluding hydrogens is 546 g/mol.